The zero-order valence-corrected chi connectivity index (χ0v) is 11.8. The van der Waals surface area contributed by atoms with Crippen molar-refractivity contribution in [3.63, 3.8) is 0 Å². The zero-order valence-electron chi connectivity index (χ0n) is 10.9. The lowest BCUT2D eigenvalue weighted by molar-refractivity contribution is -0.384. The highest BCUT2D eigenvalue weighted by Crippen LogP contribution is 2.21. The number of carbonyl (C=O) groups is 1. The van der Waals surface area contributed by atoms with Crippen LogP contribution >= 0.6 is 0 Å². The molecule has 0 aliphatic heterocycles. The number of nitro benzene ring substituents is 1. The van der Waals surface area contributed by atoms with Crippen molar-refractivity contribution in [3.8, 4) is 0 Å². The molecule has 0 bridgehead atoms. The van der Waals surface area contributed by atoms with Gasteiger partial charge in [-0.15, -0.1) is 0 Å². The summed E-state index contributed by atoms with van der Waals surface area (Å²) in [5, 5.41) is 19.4. The minimum absolute atomic E-state index is 0.0802. The number of furan rings is 1. The average Bonchev–Trinajstić information content (AvgIpc) is 2.80. The number of carboxylic acids is 1. The van der Waals surface area contributed by atoms with Crippen LogP contribution in [-0.4, -0.2) is 20.2 Å². The van der Waals surface area contributed by atoms with Crippen molar-refractivity contribution in [1.82, 2.24) is 0 Å². The molecular weight excluding hydrogens is 298 g/mol. The first-order chi connectivity index (χ1) is 9.88. The van der Waals surface area contributed by atoms with Crippen LogP contribution in [0.25, 0.3) is 0 Å². The van der Waals surface area contributed by atoms with Crippen molar-refractivity contribution in [2.75, 3.05) is 0 Å². The summed E-state index contributed by atoms with van der Waals surface area (Å²) in [6.07, 6.45) is 0. The molecule has 7 nitrogen and oxygen atoms in total. The summed E-state index contributed by atoms with van der Waals surface area (Å²) in [4.78, 5) is 21.2. The Balaban J connectivity index is 2.17. The van der Waals surface area contributed by atoms with Gasteiger partial charge in [0.2, 0.25) is 5.76 Å². The molecule has 0 amide bonds. The molecule has 21 heavy (non-hydrogen) atoms. The Labute approximate surface area is 121 Å². The average molecular weight is 309 g/mol. The van der Waals surface area contributed by atoms with Gasteiger partial charge in [-0.2, -0.15) is 0 Å². The van der Waals surface area contributed by atoms with Crippen LogP contribution in [0.2, 0.25) is 0 Å². The number of non-ortho nitro benzene ring substituents is 1. The topological polar surface area (TPSA) is 111 Å². The van der Waals surface area contributed by atoms with Gasteiger partial charge in [0, 0.05) is 22.6 Å². The molecule has 0 radical (unpaired) electrons. The fraction of sp³-hybridized carbons (Fsp3) is 0.154. The van der Waals surface area contributed by atoms with Crippen LogP contribution in [0.5, 0.6) is 0 Å². The van der Waals surface area contributed by atoms with E-state index in [2.05, 4.69) is 0 Å². The summed E-state index contributed by atoms with van der Waals surface area (Å²) in [6, 6.07) is 6.72. The lowest BCUT2D eigenvalue weighted by atomic mass is 10.3. The zero-order chi connectivity index (χ0) is 15.6. The molecule has 2 aromatic rings. The number of hydrogen-bond donors (Lipinski definition) is 1. The maximum absolute atomic E-state index is 12.2. The van der Waals surface area contributed by atoms with E-state index in [1.54, 1.807) is 6.92 Å². The number of rotatable bonds is 5. The lowest BCUT2D eigenvalue weighted by Gasteiger charge is -2.01. The van der Waals surface area contributed by atoms with E-state index < -0.39 is 21.7 Å². The third kappa shape index (κ3) is 3.34. The van der Waals surface area contributed by atoms with Crippen molar-refractivity contribution >= 4 is 22.5 Å². The monoisotopic (exact) mass is 309 g/mol. The van der Waals surface area contributed by atoms with E-state index in [-0.39, 0.29) is 17.2 Å². The summed E-state index contributed by atoms with van der Waals surface area (Å²) in [6.45, 7) is 1.59. The third-order valence-electron chi connectivity index (χ3n) is 2.83. The van der Waals surface area contributed by atoms with Crippen molar-refractivity contribution in [3.05, 3.63) is 57.5 Å². The Morgan fingerprint density at radius 2 is 2.00 bits per heavy atom. The molecule has 1 unspecified atom stereocenters. The summed E-state index contributed by atoms with van der Waals surface area (Å²) in [5.41, 5.74) is 0.451. The van der Waals surface area contributed by atoms with Crippen molar-refractivity contribution in [1.29, 1.82) is 0 Å². The molecule has 1 N–H and O–H groups in total. The molecule has 1 aromatic carbocycles. The molecule has 1 heterocycles. The Morgan fingerprint density at radius 1 is 1.38 bits per heavy atom. The van der Waals surface area contributed by atoms with Crippen molar-refractivity contribution in [2.45, 2.75) is 17.6 Å². The Morgan fingerprint density at radius 3 is 2.48 bits per heavy atom. The summed E-state index contributed by atoms with van der Waals surface area (Å²) in [7, 11) is -1.44. The number of nitro groups is 1. The minimum Gasteiger partial charge on any atom is -0.475 e. The molecule has 0 saturated carbocycles. The van der Waals surface area contributed by atoms with Crippen molar-refractivity contribution in [2.24, 2.45) is 0 Å². The Bertz CT molecular complexity index is 719. The molecule has 0 aliphatic carbocycles. The van der Waals surface area contributed by atoms with Crippen LogP contribution in [0.3, 0.4) is 0 Å². The van der Waals surface area contributed by atoms with Gasteiger partial charge >= 0.3 is 5.97 Å². The highest BCUT2D eigenvalue weighted by molar-refractivity contribution is 7.84. The predicted octanol–water partition coefficient (Wildman–Crippen LogP) is 2.50. The third-order valence-corrected chi connectivity index (χ3v) is 4.20. The molecule has 0 aliphatic rings. The molecule has 0 spiro atoms. The smallest absolute Gasteiger partial charge is 0.371 e. The normalized spacial score (nSPS) is 12.0. The highest BCUT2D eigenvalue weighted by atomic mass is 32.2. The van der Waals surface area contributed by atoms with E-state index in [9.17, 15) is 19.1 Å². The first-order valence-electron chi connectivity index (χ1n) is 5.84. The van der Waals surface area contributed by atoms with Gasteiger partial charge in [0.15, 0.2) is 0 Å². The first-order valence-corrected chi connectivity index (χ1v) is 7.16. The maximum Gasteiger partial charge on any atom is 0.371 e. The van der Waals surface area contributed by atoms with Crippen LogP contribution in [0, 0.1) is 17.0 Å². The second-order valence-corrected chi connectivity index (χ2v) is 5.69. The molecule has 2 rings (SSSR count). The first kappa shape index (κ1) is 14.9. The van der Waals surface area contributed by atoms with E-state index in [0.29, 0.717) is 16.2 Å². The van der Waals surface area contributed by atoms with Gasteiger partial charge in [-0.1, -0.05) is 0 Å². The van der Waals surface area contributed by atoms with Crippen LogP contribution < -0.4 is 0 Å². The van der Waals surface area contributed by atoms with Gasteiger partial charge in [-0.3, -0.25) is 14.3 Å². The van der Waals surface area contributed by atoms with Crippen LogP contribution in [0.4, 0.5) is 5.69 Å². The molecule has 110 valence electrons. The second kappa shape index (κ2) is 5.88. The van der Waals surface area contributed by atoms with Gasteiger partial charge in [-0.05, 0) is 25.1 Å². The second-order valence-electron chi connectivity index (χ2n) is 4.24. The highest BCUT2D eigenvalue weighted by Gasteiger charge is 2.16. The summed E-state index contributed by atoms with van der Waals surface area (Å²) >= 11 is 0. The number of benzene rings is 1. The molecule has 1 aromatic heterocycles. The maximum atomic E-state index is 12.2. The molecule has 0 saturated heterocycles. The standard InChI is InChI=1S/C13H11NO6S/c1-8-9(6-12(20-8)13(15)16)7-21(19)11-4-2-10(3-5-11)14(17)18/h2-6H,7H2,1H3,(H,15,16). The predicted molar refractivity (Wildman–Crippen MR) is 73.6 cm³/mol. The van der Waals surface area contributed by atoms with Crippen molar-refractivity contribution < 1.29 is 23.5 Å². The van der Waals surface area contributed by atoms with Crippen LogP contribution in [0.1, 0.15) is 21.9 Å². The van der Waals surface area contributed by atoms with E-state index in [1.807, 2.05) is 0 Å². The Hall–Kier alpha value is -2.48. The number of carboxylic acid groups (broad SMARTS) is 1. The molecule has 1 atom stereocenters. The number of hydrogen-bond acceptors (Lipinski definition) is 5. The van der Waals surface area contributed by atoms with Crippen LogP contribution in [0.15, 0.2) is 39.6 Å². The number of nitrogens with zero attached hydrogens (tertiary/aromatic N) is 1. The SMILES string of the molecule is Cc1oc(C(=O)O)cc1CS(=O)c1ccc([N+](=O)[O-])cc1. The summed E-state index contributed by atoms with van der Waals surface area (Å²) in [5.74, 6) is -0.920. The van der Waals surface area contributed by atoms with Gasteiger partial charge in [0.25, 0.3) is 5.69 Å². The fourth-order valence-electron chi connectivity index (χ4n) is 1.71. The van der Waals surface area contributed by atoms with Gasteiger partial charge in [0.05, 0.1) is 21.5 Å². The largest absolute Gasteiger partial charge is 0.475 e. The minimum atomic E-state index is -1.44. The molecule has 0 fully saturated rings. The lowest BCUT2D eigenvalue weighted by Crippen LogP contribution is -1.97. The Kier molecular flexibility index (Phi) is 4.18. The van der Waals surface area contributed by atoms with E-state index in [0.717, 1.165) is 0 Å². The summed E-state index contributed by atoms with van der Waals surface area (Å²) < 4.78 is 17.2. The quantitative estimate of drug-likeness (QED) is 0.671. The number of aromatic carboxylic acids is 1. The fourth-order valence-corrected chi connectivity index (χ4v) is 2.89. The number of aryl methyl sites for hydroxylation is 1. The van der Waals surface area contributed by atoms with E-state index >= 15 is 0 Å². The molecule has 8 heteroatoms. The molecular formula is C13H11NO6S. The van der Waals surface area contributed by atoms with Gasteiger partial charge in [0.1, 0.15) is 5.76 Å². The van der Waals surface area contributed by atoms with Gasteiger partial charge in [-0.25, -0.2) is 4.79 Å². The van der Waals surface area contributed by atoms with E-state index in [1.165, 1.54) is 30.3 Å². The van der Waals surface area contributed by atoms with Crippen LogP contribution in [-0.2, 0) is 16.6 Å². The van der Waals surface area contributed by atoms with E-state index in [4.69, 9.17) is 9.52 Å². The van der Waals surface area contributed by atoms with Gasteiger partial charge < -0.3 is 9.52 Å².